The highest BCUT2D eigenvalue weighted by atomic mass is 79.9. The number of sulfonamides is 1. The molecule has 0 radical (unpaired) electrons. The number of rotatable bonds is 2. The molecule has 1 heterocycles. The molecule has 1 aliphatic heterocycles. The number of hydrogen-bond acceptors (Lipinski definition) is 2. The number of nitrogens with zero attached hydrogens (tertiary/aromatic N) is 1. The zero-order valence-electron chi connectivity index (χ0n) is 10.9. The summed E-state index contributed by atoms with van der Waals surface area (Å²) in [7, 11) is -3.37. The van der Waals surface area contributed by atoms with E-state index in [2.05, 4.69) is 15.9 Å². The molecule has 100 valence electrons. The smallest absolute Gasteiger partial charge is 0.207 e. The fraction of sp³-hybridized carbons (Fsp3) is 0.538. The number of hydrogen-bond donors (Lipinski definition) is 0. The van der Waals surface area contributed by atoms with Gasteiger partial charge in [-0.25, -0.2) is 8.42 Å². The average Bonchev–Trinajstić information content (AvgIpc) is 2.62. The highest BCUT2D eigenvalue weighted by molar-refractivity contribution is 9.10. The van der Waals surface area contributed by atoms with Crippen LogP contribution in [0.3, 0.4) is 0 Å². The van der Waals surface area contributed by atoms with E-state index in [0.717, 1.165) is 22.9 Å². The van der Waals surface area contributed by atoms with E-state index in [-0.39, 0.29) is 5.54 Å². The first kappa shape index (κ1) is 14.0. The van der Waals surface area contributed by atoms with Crippen molar-refractivity contribution >= 4 is 26.0 Å². The second-order valence-corrected chi connectivity index (χ2v) is 8.12. The van der Waals surface area contributed by atoms with Gasteiger partial charge in [-0.2, -0.15) is 4.31 Å². The quantitative estimate of drug-likeness (QED) is 0.833. The summed E-state index contributed by atoms with van der Waals surface area (Å²) in [5.41, 5.74) is 0.660. The highest BCUT2D eigenvalue weighted by Crippen LogP contribution is 2.34. The van der Waals surface area contributed by atoms with Crippen molar-refractivity contribution < 1.29 is 8.42 Å². The van der Waals surface area contributed by atoms with Gasteiger partial charge in [0.05, 0.1) is 4.90 Å². The minimum Gasteiger partial charge on any atom is -0.207 e. The van der Waals surface area contributed by atoms with Crippen LogP contribution in [-0.4, -0.2) is 24.8 Å². The van der Waals surface area contributed by atoms with Crippen LogP contribution in [0.1, 0.15) is 32.3 Å². The zero-order chi connectivity index (χ0) is 13.6. The molecule has 1 fully saturated rings. The summed E-state index contributed by atoms with van der Waals surface area (Å²) in [4.78, 5) is 0.387. The lowest BCUT2D eigenvalue weighted by molar-refractivity contribution is 0.291. The molecule has 0 amide bonds. The largest absolute Gasteiger partial charge is 0.243 e. The summed E-state index contributed by atoms with van der Waals surface area (Å²) in [6, 6.07) is 5.19. The second-order valence-electron chi connectivity index (χ2n) is 5.40. The molecule has 0 atom stereocenters. The van der Waals surface area contributed by atoms with E-state index in [9.17, 15) is 8.42 Å². The molecule has 1 saturated heterocycles. The van der Waals surface area contributed by atoms with Gasteiger partial charge in [0, 0.05) is 16.6 Å². The van der Waals surface area contributed by atoms with E-state index in [1.165, 1.54) is 0 Å². The summed E-state index contributed by atoms with van der Waals surface area (Å²) >= 11 is 3.39. The van der Waals surface area contributed by atoms with Gasteiger partial charge in [-0.3, -0.25) is 0 Å². The SMILES string of the molecule is Cc1cc(S(=O)(=O)N2CCCC2(C)C)ccc1Br. The third-order valence-corrected chi connectivity index (χ3v) is 6.54. The van der Waals surface area contributed by atoms with Crippen LogP contribution >= 0.6 is 15.9 Å². The summed E-state index contributed by atoms with van der Waals surface area (Å²) < 4.78 is 27.8. The molecule has 0 bridgehead atoms. The lowest BCUT2D eigenvalue weighted by atomic mass is 10.0. The van der Waals surface area contributed by atoms with Crippen molar-refractivity contribution in [2.75, 3.05) is 6.54 Å². The summed E-state index contributed by atoms with van der Waals surface area (Å²) in [6.45, 7) is 6.50. The van der Waals surface area contributed by atoms with Crippen molar-refractivity contribution in [1.29, 1.82) is 0 Å². The van der Waals surface area contributed by atoms with Crippen molar-refractivity contribution in [1.82, 2.24) is 4.31 Å². The Kier molecular flexibility index (Phi) is 3.60. The van der Waals surface area contributed by atoms with Gasteiger partial charge in [0.1, 0.15) is 0 Å². The Bertz CT molecular complexity index is 566. The van der Waals surface area contributed by atoms with Crippen LogP contribution in [0, 0.1) is 6.92 Å². The highest BCUT2D eigenvalue weighted by Gasteiger charge is 2.40. The lowest BCUT2D eigenvalue weighted by Crippen LogP contribution is -2.42. The molecule has 1 aromatic rings. The minimum absolute atomic E-state index is 0.278. The van der Waals surface area contributed by atoms with Crippen LogP contribution in [0.5, 0.6) is 0 Å². The Morgan fingerprint density at radius 3 is 2.50 bits per heavy atom. The van der Waals surface area contributed by atoms with Crippen LogP contribution in [0.4, 0.5) is 0 Å². The van der Waals surface area contributed by atoms with Gasteiger partial charge in [0.25, 0.3) is 0 Å². The monoisotopic (exact) mass is 331 g/mol. The molecule has 0 aromatic heterocycles. The second kappa shape index (κ2) is 4.62. The van der Waals surface area contributed by atoms with Crippen molar-refractivity contribution in [2.45, 2.75) is 44.0 Å². The van der Waals surface area contributed by atoms with Gasteiger partial charge < -0.3 is 0 Å². The van der Waals surface area contributed by atoms with E-state index in [1.807, 2.05) is 20.8 Å². The lowest BCUT2D eigenvalue weighted by Gasteiger charge is -2.30. The van der Waals surface area contributed by atoms with E-state index < -0.39 is 10.0 Å². The fourth-order valence-electron chi connectivity index (χ4n) is 2.43. The molecule has 2 rings (SSSR count). The topological polar surface area (TPSA) is 37.4 Å². The maximum Gasteiger partial charge on any atom is 0.243 e. The van der Waals surface area contributed by atoms with Crippen LogP contribution in [0.2, 0.25) is 0 Å². The van der Waals surface area contributed by atoms with E-state index in [0.29, 0.717) is 11.4 Å². The molecule has 0 unspecified atom stereocenters. The molecular weight excluding hydrogens is 314 g/mol. The summed E-state index contributed by atoms with van der Waals surface area (Å²) in [5.74, 6) is 0. The van der Waals surface area contributed by atoms with Gasteiger partial charge in [-0.15, -0.1) is 0 Å². The Morgan fingerprint density at radius 2 is 2.00 bits per heavy atom. The first-order chi connectivity index (χ1) is 8.25. The molecule has 0 saturated carbocycles. The molecule has 18 heavy (non-hydrogen) atoms. The number of halogens is 1. The predicted octanol–water partition coefficient (Wildman–Crippen LogP) is 3.32. The van der Waals surface area contributed by atoms with Gasteiger partial charge >= 0.3 is 0 Å². The maximum atomic E-state index is 12.6. The van der Waals surface area contributed by atoms with Gasteiger partial charge in [-0.05, 0) is 57.4 Å². The summed E-state index contributed by atoms with van der Waals surface area (Å²) in [5, 5.41) is 0. The van der Waals surface area contributed by atoms with E-state index in [1.54, 1.807) is 22.5 Å². The number of benzene rings is 1. The Balaban J connectivity index is 2.45. The molecule has 3 nitrogen and oxygen atoms in total. The predicted molar refractivity (Wildman–Crippen MR) is 76.1 cm³/mol. The molecule has 5 heteroatoms. The fourth-order valence-corrected chi connectivity index (χ4v) is 4.61. The van der Waals surface area contributed by atoms with Crippen LogP contribution in [0.25, 0.3) is 0 Å². The van der Waals surface area contributed by atoms with Crippen LogP contribution in [0.15, 0.2) is 27.6 Å². The molecule has 1 aromatic carbocycles. The first-order valence-corrected chi connectivity index (χ1v) is 8.27. The van der Waals surface area contributed by atoms with Crippen LogP contribution < -0.4 is 0 Å². The summed E-state index contributed by atoms with van der Waals surface area (Å²) in [6.07, 6.45) is 1.85. The number of aryl methyl sites for hydroxylation is 1. The van der Waals surface area contributed by atoms with Crippen molar-refractivity contribution in [3.63, 3.8) is 0 Å². The molecular formula is C13H18BrNO2S. The van der Waals surface area contributed by atoms with Gasteiger partial charge in [-0.1, -0.05) is 15.9 Å². The van der Waals surface area contributed by atoms with Crippen molar-refractivity contribution in [2.24, 2.45) is 0 Å². The van der Waals surface area contributed by atoms with E-state index in [4.69, 9.17) is 0 Å². The van der Waals surface area contributed by atoms with Gasteiger partial charge in [0.15, 0.2) is 0 Å². The van der Waals surface area contributed by atoms with Crippen molar-refractivity contribution in [3.05, 3.63) is 28.2 Å². The Morgan fingerprint density at radius 1 is 1.33 bits per heavy atom. The standard InChI is InChI=1S/C13H18BrNO2S/c1-10-9-11(5-6-12(10)14)18(16,17)15-8-4-7-13(15,2)3/h5-6,9H,4,7-8H2,1-3H3. The third-order valence-electron chi connectivity index (χ3n) is 3.54. The Labute approximate surface area is 117 Å². The van der Waals surface area contributed by atoms with Crippen molar-refractivity contribution in [3.8, 4) is 0 Å². The molecule has 1 aliphatic rings. The zero-order valence-corrected chi connectivity index (χ0v) is 13.3. The first-order valence-electron chi connectivity index (χ1n) is 6.04. The van der Waals surface area contributed by atoms with E-state index >= 15 is 0 Å². The van der Waals surface area contributed by atoms with Gasteiger partial charge in [0.2, 0.25) is 10.0 Å². The average molecular weight is 332 g/mol. The molecule has 0 N–H and O–H groups in total. The molecule has 0 aliphatic carbocycles. The Hall–Kier alpha value is -0.390. The molecule has 0 spiro atoms. The third kappa shape index (κ3) is 2.36. The normalized spacial score (nSPS) is 20.2. The maximum absolute atomic E-state index is 12.6. The minimum atomic E-state index is -3.37. The van der Waals surface area contributed by atoms with Crippen LogP contribution in [-0.2, 0) is 10.0 Å².